The molecule has 30 heavy (non-hydrogen) atoms. The number of benzene rings is 1. The van der Waals surface area contributed by atoms with Gasteiger partial charge in [-0.25, -0.2) is 9.18 Å². The number of anilines is 1. The third-order valence-corrected chi connectivity index (χ3v) is 5.60. The standard InChI is InChI=1S/C19H22FN7O3/c1-12-23-24-25-27(12)15-11-13(5-6-14(15)20)21-16(28)7-10-26-17(29)19(22-18(26)30)8-3-2-4-9-19/h5-6,11H,2-4,7-10H2,1H3,(H,21,28)(H,22,30). The number of aryl methyl sites for hydroxylation is 1. The van der Waals surface area contributed by atoms with E-state index in [0.29, 0.717) is 24.4 Å². The number of hydrogen-bond donors (Lipinski definition) is 2. The Labute approximate surface area is 171 Å². The number of rotatable bonds is 5. The number of aromatic nitrogens is 4. The van der Waals surface area contributed by atoms with Gasteiger partial charge in [-0.05, 0) is 48.4 Å². The summed E-state index contributed by atoms with van der Waals surface area (Å²) in [6.07, 6.45) is 4.05. The molecule has 4 amide bonds. The molecule has 1 saturated heterocycles. The van der Waals surface area contributed by atoms with Crippen LogP contribution in [0.3, 0.4) is 0 Å². The number of imide groups is 1. The van der Waals surface area contributed by atoms with E-state index in [9.17, 15) is 18.8 Å². The van der Waals surface area contributed by atoms with Crippen LogP contribution in [0, 0.1) is 12.7 Å². The number of nitrogens with zero attached hydrogens (tertiary/aromatic N) is 5. The second kappa shape index (κ2) is 7.81. The van der Waals surface area contributed by atoms with Crippen LogP contribution in [0.2, 0.25) is 0 Å². The molecular formula is C19H22FN7O3. The lowest BCUT2D eigenvalue weighted by atomic mass is 9.82. The van der Waals surface area contributed by atoms with E-state index in [0.717, 1.165) is 24.2 Å². The molecule has 1 aliphatic heterocycles. The zero-order valence-corrected chi connectivity index (χ0v) is 16.5. The van der Waals surface area contributed by atoms with E-state index in [1.54, 1.807) is 6.92 Å². The second-order valence-electron chi connectivity index (χ2n) is 7.63. The van der Waals surface area contributed by atoms with Crippen molar-refractivity contribution in [2.75, 3.05) is 11.9 Å². The average molecular weight is 415 g/mol. The largest absolute Gasteiger partial charge is 0.326 e. The number of tetrazole rings is 1. The average Bonchev–Trinajstić information content (AvgIpc) is 3.24. The van der Waals surface area contributed by atoms with Crippen molar-refractivity contribution in [3.05, 3.63) is 29.8 Å². The SMILES string of the molecule is Cc1nnnn1-c1cc(NC(=O)CCN2C(=O)NC3(CCCCC3)C2=O)ccc1F. The van der Waals surface area contributed by atoms with Gasteiger partial charge in [-0.1, -0.05) is 19.3 Å². The first-order valence-electron chi connectivity index (χ1n) is 9.88. The third-order valence-electron chi connectivity index (χ3n) is 5.60. The molecule has 158 valence electrons. The van der Waals surface area contributed by atoms with Crippen molar-refractivity contribution < 1.29 is 18.8 Å². The van der Waals surface area contributed by atoms with Crippen LogP contribution in [0.1, 0.15) is 44.3 Å². The molecule has 1 aromatic carbocycles. The summed E-state index contributed by atoms with van der Waals surface area (Å²) in [5.74, 6) is -0.794. The van der Waals surface area contributed by atoms with E-state index >= 15 is 0 Å². The van der Waals surface area contributed by atoms with E-state index in [4.69, 9.17) is 0 Å². The lowest BCUT2D eigenvalue weighted by molar-refractivity contribution is -0.132. The van der Waals surface area contributed by atoms with Crippen molar-refractivity contribution in [3.8, 4) is 5.69 Å². The minimum atomic E-state index is -0.804. The fraction of sp³-hybridized carbons (Fsp3) is 0.474. The lowest BCUT2D eigenvalue weighted by Crippen LogP contribution is -2.48. The highest BCUT2D eigenvalue weighted by molar-refractivity contribution is 6.07. The Morgan fingerprint density at radius 3 is 2.73 bits per heavy atom. The molecule has 0 unspecified atom stereocenters. The number of halogens is 1. The second-order valence-corrected chi connectivity index (χ2v) is 7.63. The maximum atomic E-state index is 14.1. The highest BCUT2D eigenvalue weighted by atomic mass is 19.1. The van der Waals surface area contributed by atoms with Gasteiger partial charge in [0.1, 0.15) is 17.0 Å². The van der Waals surface area contributed by atoms with Gasteiger partial charge < -0.3 is 10.6 Å². The molecular weight excluding hydrogens is 393 g/mol. The van der Waals surface area contributed by atoms with Crippen molar-refractivity contribution in [2.45, 2.75) is 51.0 Å². The molecule has 0 radical (unpaired) electrons. The van der Waals surface area contributed by atoms with E-state index in [2.05, 4.69) is 26.2 Å². The highest BCUT2D eigenvalue weighted by Crippen LogP contribution is 2.33. The quantitative estimate of drug-likeness (QED) is 0.717. The minimum absolute atomic E-state index is 0.0155. The maximum Gasteiger partial charge on any atom is 0.325 e. The van der Waals surface area contributed by atoms with Crippen molar-refractivity contribution in [1.82, 2.24) is 30.4 Å². The number of carbonyl (C=O) groups is 3. The number of carbonyl (C=O) groups excluding carboxylic acids is 3. The fourth-order valence-corrected chi connectivity index (χ4v) is 4.02. The van der Waals surface area contributed by atoms with Gasteiger partial charge in [0, 0.05) is 18.7 Å². The molecule has 1 aromatic heterocycles. The van der Waals surface area contributed by atoms with Gasteiger partial charge in [-0.3, -0.25) is 14.5 Å². The molecule has 10 nitrogen and oxygen atoms in total. The summed E-state index contributed by atoms with van der Waals surface area (Å²) < 4.78 is 15.4. The first-order valence-corrected chi connectivity index (χ1v) is 9.88. The zero-order chi connectivity index (χ0) is 21.3. The molecule has 2 aliphatic rings. The number of urea groups is 1. The Morgan fingerprint density at radius 1 is 1.27 bits per heavy atom. The van der Waals surface area contributed by atoms with Crippen LogP contribution in [-0.4, -0.2) is 55.0 Å². The predicted molar refractivity (Wildman–Crippen MR) is 103 cm³/mol. The smallest absolute Gasteiger partial charge is 0.325 e. The van der Waals surface area contributed by atoms with Crippen LogP contribution < -0.4 is 10.6 Å². The zero-order valence-electron chi connectivity index (χ0n) is 16.5. The van der Waals surface area contributed by atoms with Crippen LogP contribution in [-0.2, 0) is 9.59 Å². The Balaban J connectivity index is 1.39. The summed E-state index contributed by atoms with van der Waals surface area (Å²) in [6.45, 7) is 1.61. The summed E-state index contributed by atoms with van der Waals surface area (Å²) in [5, 5.41) is 16.4. The van der Waals surface area contributed by atoms with E-state index in [-0.39, 0.29) is 24.6 Å². The van der Waals surface area contributed by atoms with Crippen molar-refractivity contribution in [3.63, 3.8) is 0 Å². The van der Waals surface area contributed by atoms with Crippen molar-refractivity contribution in [2.24, 2.45) is 0 Å². The molecule has 11 heteroatoms. The first kappa shape index (κ1) is 19.9. The Bertz CT molecular complexity index is 1000. The molecule has 2 heterocycles. The van der Waals surface area contributed by atoms with Crippen molar-refractivity contribution >= 4 is 23.5 Å². The van der Waals surface area contributed by atoms with E-state index in [1.165, 1.54) is 22.9 Å². The third kappa shape index (κ3) is 3.62. The maximum absolute atomic E-state index is 14.1. The monoisotopic (exact) mass is 415 g/mol. The fourth-order valence-electron chi connectivity index (χ4n) is 4.02. The summed E-state index contributed by atoms with van der Waals surface area (Å²) in [4.78, 5) is 38.5. The molecule has 0 atom stereocenters. The first-order chi connectivity index (χ1) is 14.4. The number of hydrogen-bond acceptors (Lipinski definition) is 6. The Morgan fingerprint density at radius 2 is 2.03 bits per heavy atom. The van der Waals surface area contributed by atoms with E-state index in [1.807, 2.05) is 0 Å². The Hall–Kier alpha value is -3.37. The van der Waals surface area contributed by atoms with Gasteiger partial charge in [0.25, 0.3) is 5.91 Å². The van der Waals surface area contributed by atoms with Gasteiger partial charge in [-0.15, -0.1) is 5.10 Å². The van der Waals surface area contributed by atoms with Crippen LogP contribution in [0.15, 0.2) is 18.2 Å². The molecule has 1 saturated carbocycles. The van der Waals surface area contributed by atoms with Gasteiger partial charge >= 0.3 is 6.03 Å². The molecule has 1 aliphatic carbocycles. The minimum Gasteiger partial charge on any atom is -0.326 e. The topological polar surface area (TPSA) is 122 Å². The van der Waals surface area contributed by atoms with E-state index < -0.39 is 23.3 Å². The number of amides is 4. The number of nitrogens with one attached hydrogen (secondary N) is 2. The molecule has 1 spiro atoms. The van der Waals surface area contributed by atoms with Gasteiger partial charge in [0.2, 0.25) is 5.91 Å². The van der Waals surface area contributed by atoms with Crippen LogP contribution >= 0.6 is 0 Å². The Kier molecular flexibility index (Phi) is 5.18. The van der Waals surface area contributed by atoms with Gasteiger partial charge in [0.05, 0.1) is 0 Å². The molecule has 0 bridgehead atoms. The molecule has 2 fully saturated rings. The summed E-state index contributed by atoms with van der Waals surface area (Å²) in [7, 11) is 0. The van der Waals surface area contributed by atoms with Crippen molar-refractivity contribution in [1.29, 1.82) is 0 Å². The van der Waals surface area contributed by atoms with Crippen LogP contribution in [0.25, 0.3) is 5.69 Å². The molecule has 4 rings (SSSR count). The summed E-state index contributed by atoms with van der Waals surface area (Å²) >= 11 is 0. The molecule has 2 N–H and O–H groups in total. The normalized spacial score (nSPS) is 18.0. The summed E-state index contributed by atoms with van der Waals surface area (Å²) in [5.41, 5.74) is -0.350. The lowest BCUT2D eigenvalue weighted by Gasteiger charge is -2.30. The van der Waals surface area contributed by atoms with Gasteiger partial charge in [0.15, 0.2) is 5.82 Å². The predicted octanol–water partition coefficient (Wildman–Crippen LogP) is 1.69. The van der Waals surface area contributed by atoms with Gasteiger partial charge in [-0.2, -0.15) is 4.68 Å². The molecule has 2 aromatic rings. The summed E-state index contributed by atoms with van der Waals surface area (Å²) in [6, 6.07) is 3.59. The van der Waals surface area contributed by atoms with Crippen LogP contribution in [0.4, 0.5) is 14.9 Å². The highest BCUT2D eigenvalue weighted by Gasteiger charge is 2.51. The van der Waals surface area contributed by atoms with Crippen LogP contribution in [0.5, 0.6) is 0 Å².